The molecular weight excluding hydrogens is 601 g/mol. The standard InChI is InChI=1S/C34H50BN5O7/c1-8-31(43)40(22-30(42)38-16-17-45-7)23-34(6)33(4,5)46-35(47-34)29(18-24(2)3)39-32(44)26(19-25-12-10-9-11-13-25)20-28(41)27-21-36-14-15-37-27/h9-15,21,24,26,29H,8,16-20,22-23H2,1-7H3,(H,38,42)(H,39,44)/t26-,29+,34?/m0/s1. The molecule has 13 heteroatoms. The van der Waals surface area contributed by atoms with Crippen molar-refractivity contribution < 1.29 is 33.2 Å². The molecule has 3 atom stereocenters. The molecule has 0 saturated carbocycles. The molecule has 3 amide bonds. The molecular formula is C34H50BN5O7. The van der Waals surface area contributed by atoms with Gasteiger partial charge in [-0.05, 0) is 45.1 Å². The van der Waals surface area contributed by atoms with E-state index in [0.29, 0.717) is 26.0 Å². The topological polar surface area (TPSA) is 149 Å². The first kappa shape index (κ1) is 37.8. The lowest BCUT2D eigenvalue weighted by molar-refractivity contribution is -0.140. The van der Waals surface area contributed by atoms with E-state index < -0.39 is 30.2 Å². The predicted molar refractivity (Wildman–Crippen MR) is 178 cm³/mol. The van der Waals surface area contributed by atoms with Gasteiger partial charge in [0.1, 0.15) is 5.69 Å². The fourth-order valence-corrected chi connectivity index (χ4v) is 5.55. The van der Waals surface area contributed by atoms with Crippen molar-refractivity contribution in [1.29, 1.82) is 0 Å². The Balaban J connectivity index is 1.82. The third-order valence-electron chi connectivity index (χ3n) is 8.53. The number of benzene rings is 1. The van der Waals surface area contributed by atoms with E-state index in [1.54, 1.807) is 14.0 Å². The number of carbonyl (C=O) groups is 4. The Morgan fingerprint density at radius 3 is 2.40 bits per heavy atom. The Kier molecular flexibility index (Phi) is 14.0. The summed E-state index contributed by atoms with van der Waals surface area (Å²) < 4.78 is 18.1. The number of amides is 3. The molecule has 1 aliphatic rings. The first-order valence-corrected chi connectivity index (χ1v) is 16.3. The Morgan fingerprint density at radius 1 is 1.06 bits per heavy atom. The van der Waals surface area contributed by atoms with E-state index in [1.807, 2.05) is 65.0 Å². The number of methoxy groups -OCH3 is 1. The van der Waals surface area contributed by atoms with Crippen LogP contribution >= 0.6 is 0 Å². The molecule has 2 aromatic rings. The first-order chi connectivity index (χ1) is 22.3. The van der Waals surface area contributed by atoms with Gasteiger partial charge in [-0.25, -0.2) is 4.98 Å². The highest BCUT2D eigenvalue weighted by atomic mass is 16.7. The number of nitrogens with zero attached hydrogens (tertiary/aromatic N) is 3. The van der Waals surface area contributed by atoms with Crippen molar-refractivity contribution in [3.05, 3.63) is 60.2 Å². The summed E-state index contributed by atoms with van der Waals surface area (Å²) in [4.78, 5) is 62.4. The third kappa shape index (κ3) is 10.9. The van der Waals surface area contributed by atoms with E-state index in [9.17, 15) is 19.2 Å². The molecule has 47 heavy (non-hydrogen) atoms. The number of rotatable bonds is 18. The van der Waals surface area contributed by atoms with Gasteiger partial charge < -0.3 is 29.6 Å². The summed E-state index contributed by atoms with van der Waals surface area (Å²) in [5.41, 5.74) is -0.771. The van der Waals surface area contributed by atoms with Crippen LogP contribution in [0.25, 0.3) is 0 Å². The summed E-state index contributed by atoms with van der Waals surface area (Å²) in [6.45, 7) is 12.1. The van der Waals surface area contributed by atoms with Crippen LogP contribution in [-0.4, -0.2) is 96.0 Å². The number of hydrogen-bond donors (Lipinski definition) is 2. The second-order valence-corrected chi connectivity index (χ2v) is 13.1. The van der Waals surface area contributed by atoms with Crippen molar-refractivity contribution in [3.8, 4) is 0 Å². The normalized spacial score (nSPS) is 18.4. The Bertz CT molecular complexity index is 1330. The van der Waals surface area contributed by atoms with Gasteiger partial charge in [0.05, 0.1) is 43.0 Å². The largest absolute Gasteiger partial charge is 0.481 e. The van der Waals surface area contributed by atoms with Crippen molar-refractivity contribution in [2.24, 2.45) is 11.8 Å². The quantitative estimate of drug-likeness (QED) is 0.141. The summed E-state index contributed by atoms with van der Waals surface area (Å²) in [5, 5.41) is 5.92. The van der Waals surface area contributed by atoms with E-state index in [-0.39, 0.29) is 61.0 Å². The van der Waals surface area contributed by atoms with Gasteiger partial charge in [-0.1, -0.05) is 51.1 Å². The zero-order chi connectivity index (χ0) is 34.6. The SMILES string of the molecule is CCC(=O)N(CC(=O)NCCOC)CC1(C)OB([C@@H](CC(C)C)NC(=O)[C@H](CC(=O)c2cnccn2)Cc2ccccc2)OC1(C)C. The number of nitrogens with one attached hydrogen (secondary N) is 2. The summed E-state index contributed by atoms with van der Waals surface area (Å²) in [7, 11) is 0.705. The van der Waals surface area contributed by atoms with Crippen LogP contribution in [0.4, 0.5) is 0 Å². The molecule has 0 aliphatic carbocycles. The molecule has 1 aliphatic heterocycles. The number of ether oxygens (including phenoxy) is 1. The van der Waals surface area contributed by atoms with Crippen LogP contribution in [0, 0.1) is 11.8 Å². The predicted octanol–water partition coefficient (Wildman–Crippen LogP) is 3.05. The molecule has 1 unspecified atom stereocenters. The van der Waals surface area contributed by atoms with E-state index in [2.05, 4.69) is 20.6 Å². The molecule has 1 aromatic heterocycles. The van der Waals surface area contributed by atoms with Gasteiger partial charge in [-0.15, -0.1) is 0 Å². The van der Waals surface area contributed by atoms with Crippen molar-refractivity contribution in [2.75, 3.05) is 33.4 Å². The molecule has 1 aromatic carbocycles. The summed E-state index contributed by atoms with van der Waals surface area (Å²) in [6.07, 6.45) is 5.40. The average Bonchev–Trinajstić information content (AvgIpc) is 3.28. The maximum Gasteiger partial charge on any atom is 0.481 e. The summed E-state index contributed by atoms with van der Waals surface area (Å²) in [5.74, 6) is -2.14. The van der Waals surface area contributed by atoms with Crippen LogP contribution in [0.2, 0.25) is 0 Å². The zero-order valence-corrected chi connectivity index (χ0v) is 28.8. The van der Waals surface area contributed by atoms with Gasteiger partial charge in [-0.3, -0.25) is 24.2 Å². The molecule has 0 bridgehead atoms. The number of hydrogen-bond acceptors (Lipinski definition) is 9. The lowest BCUT2D eigenvalue weighted by Gasteiger charge is -2.40. The third-order valence-corrected chi connectivity index (χ3v) is 8.53. The van der Waals surface area contributed by atoms with Crippen LogP contribution in [0.1, 0.15) is 76.9 Å². The van der Waals surface area contributed by atoms with Gasteiger partial charge >= 0.3 is 7.12 Å². The maximum atomic E-state index is 14.0. The smallest absolute Gasteiger partial charge is 0.402 e. The molecule has 2 heterocycles. The highest BCUT2D eigenvalue weighted by molar-refractivity contribution is 6.48. The number of carbonyl (C=O) groups excluding carboxylic acids is 4. The monoisotopic (exact) mass is 651 g/mol. The highest BCUT2D eigenvalue weighted by Crippen LogP contribution is 2.39. The molecule has 1 saturated heterocycles. The van der Waals surface area contributed by atoms with E-state index in [4.69, 9.17) is 14.0 Å². The minimum atomic E-state index is -1.01. The second-order valence-electron chi connectivity index (χ2n) is 13.1. The van der Waals surface area contributed by atoms with Gasteiger partial charge in [0.2, 0.25) is 17.7 Å². The van der Waals surface area contributed by atoms with Crippen molar-refractivity contribution in [3.63, 3.8) is 0 Å². The van der Waals surface area contributed by atoms with Crippen molar-refractivity contribution >= 4 is 30.6 Å². The maximum absolute atomic E-state index is 14.0. The average molecular weight is 652 g/mol. The lowest BCUT2D eigenvalue weighted by atomic mass is 9.73. The van der Waals surface area contributed by atoms with Crippen LogP contribution < -0.4 is 10.6 Å². The molecule has 256 valence electrons. The van der Waals surface area contributed by atoms with Crippen LogP contribution in [-0.2, 0) is 34.9 Å². The lowest BCUT2D eigenvalue weighted by Crippen LogP contribution is -2.56. The summed E-state index contributed by atoms with van der Waals surface area (Å²) in [6, 6.07) is 9.55. The van der Waals surface area contributed by atoms with Crippen LogP contribution in [0.5, 0.6) is 0 Å². The molecule has 0 radical (unpaired) electrons. The minimum absolute atomic E-state index is 0.0516. The fourth-order valence-electron chi connectivity index (χ4n) is 5.55. The number of Topliss-reactive ketones (excluding diaryl/α,β-unsaturated/α-hetero) is 1. The number of ketones is 1. The minimum Gasteiger partial charge on any atom is -0.402 e. The van der Waals surface area contributed by atoms with E-state index in [0.717, 1.165) is 5.56 Å². The van der Waals surface area contributed by atoms with Crippen molar-refractivity contribution in [2.45, 2.75) is 84.4 Å². The van der Waals surface area contributed by atoms with Gasteiger partial charge in [-0.2, -0.15) is 0 Å². The van der Waals surface area contributed by atoms with Gasteiger partial charge in [0.25, 0.3) is 0 Å². The number of aromatic nitrogens is 2. The highest BCUT2D eigenvalue weighted by Gasteiger charge is 2.57. The van der Waals surface area contributed by atoms with Crippen LogP contribution in [0.3, 0.4) is 0 Å². The molecule has 0 spiro atoms. The van der Waals surface area contributed by atoms with Gasteiger partial charge in [0, 0.05) is 44.8 Å². The summed E-state index contributed by atoms with van der Waals surface area (Å²) >= 11 is 0. The molecule has 2 N–H and O–H groups in total. The fraction of sp³-hybridized carbons (Fsp3) is 0.588. The molecule has 12 nitrogen and oxygen atoms in total. The molecule has 3 rings (SSSR count). The second kappa shape index (κ2) is 17.5. The Morgan fingerprint density at radius 2 is 1.79 bits per heavy atom. The molecule has 1 fully saturated rings. The van der Waals surface area contributed by atoms with Crippen molar-refractivity contribution in [1.82, 2.24) is 25.5 Å². The van der Waals surface area contributed by atoms with Crippen LogP contribution in [0.15, 0.2) is 48.9 Å². The van der Waals surface area contributed by atoms with Gasteiger partial charge in [0.15, 0.2) is 5.78 Å². The Labute approximate surface area is 278 Å². The van der Waals surface area contributed by atoms with E-state index >= 15 is 0 Å². The zero-order valence-electron chi connectivity index (χ0n) is 28.8. The van der Waals surface area contributed by atoms with E-state index in [1.165, 1.54) is 23.5 Å². The first-order valence-electron chi connectivity index (χ1n) is 16.3. The Hall–Kier alpha value is -3.68.